The lowest BCUT2D eigenvalue weighted by Crippen LogP contribution is -2.81. The van der Waals surface area contributed by atoms with Crippen molar-refractivity contribution in [3.8, 4) is 17.2 Å². The maximum atomic E-state index is 13.8. The van der Waals surface area contributed by atoms with Crippen LogP contribution in [0.3, 0.4) is 0 Å². The number of hydrogen-bond acceptors (Lipinski definition) is 13. The second-order valence-corrected chi connectivity index (χ2v) is 11.2. The van der Waals surface area contributed by atoms with Crippen molar-refractivity contribution in [2.45, 2.75) is 24.1 Å². The number of carbonyl (C=O) groups excluding carboxylic acids is 4. The molecule has 2 aromatic carbocycles. The summed E-state index contributed by atoms with van der Waals surface area (Å²) in [6, 6.07) is 5.36. The number of methoxy groups -OCH3 is 1. The van der Waals surface area contributed by atoms with E-state index in [2.05, 4.69) is 10.6 Å². The Bertz CT molecular complexity index is 1890. The van der Waals surface area contributed by atoms with Crippen molar-refractivity contribution in [3.63, 3.8) is 0 Å². The van der Waals surface area contributed by atoms with Crippen molar-refractivity contribution >= 4 is 52.4 Å². The molecule has 1 fully saturated rings. The third kappa shape index (κ3) is 5.45. The number of amides is 3. The fourth-order valence-electron chi connectivity index (χ4n) is 4.98. The van der Waals surface area contributed by atoms with Crippen LogP contribution < -0.4 is 16.1 Å². The van der Waals surface area contributed by atoms with E-state index in [1.807, 2.05) is 0 Å². The van der Waals surface area contributed by atoms with Gasteiger partial charge in [-0.25, -0.2) is 4.79 Å². The fraction of sp³-hybridized carbons (Fsp3) is 0.241. The number of nitrogens with zero attached hydrogens (tertiary/aromatic N) is 1. The topological polar surface area (TPSA) is 242 Å². The van der Waals surface area contributed by atoms with Crippen LogP contribution in [-0.2, 0) is 28.7 Å². The number of nitrogens with one attached hydrogen (secondary N) is 2. The number of carbonyl (C=O) groups is 5. The molecule has 0 bridgehead atoms. The van der Waals surface area contributed by atoms with Gasteiger partial charge >= 0.3 is 11.9 Å². The lowest BCUT2D eigenvalue weighted by atomic mass is 9.96. The number of ether oxygens (including phenoxy) is 2. The van der Waals surface area contributed by atoms with E-state index in [0.29, 0.717) is 0 Å². The number of rotatable bonds is 9. The van der Waals surface area contributed by atoms with Crippen LogP contribution in [0, 0.1) is 0 Å². The first-order valence-corrected chi connectivity index (χ1v) is 14.3. The van der Waals surface area contributed by atoms with Crippen molar-refractivity contribution in [2.75, 3.05) is 19.5 Å². The molecular formula is C29H25N3O13S. The largest absolute Gasteiger partial charge is 0.508 e. The van der Waals surface area contributed by atoms with Crippen molar-refractivity contribution < 1.29 is 58.3 Å². The number of phenolic OH excluding ortho intramolecular Hbond substituents is 3. The molecule has 2 aliphatic heterocycles. The van der Waals surface area contributed by atoms with E-state index in [1.54, 1.807) is 0 Å². The zero-order valence-electron chi connectivity index (χ0n) is 23.9. The van der Waals surface area contributed by atoms with Gasteiger partial charge in [0.25, 0.3) is 17.5 Å². The van der Waals surface area contributed by atoms with Gasteiger partial charge in [0, 0.05) is 31.4 Å². The lowest BCUT2D eigenvalue weighted by Gasteiger charge is -2.56. The smallest absolute Gasteiger partial charge is 0.352 e. The standard InChI is InChI=1S/C29H25N3O13S/c1-12(33)44-9-14-11-46-28-29(43-2,27(42)32(28)22(14)26(40)41)31-25(39)21(13-3-5-15(34)6-4-13)30-24(38)17-10-45-20-8-19(36)18(35)7-16(20)23(17)37/h3-8,10,21,28,34-36H,9,11H2,1-2H3,(H,30,38)(H,31,39)(H,40,41)/t21?,28-,29-/m0/s1. The zero-order chi connectivity index (χ0) is 33.5. The number of aliphatic carboxylic acids is 1. The molecule has 3 atom stereocenters. The summed E-state index contributed by atoms with van der Waals surface area (Å²) in [4.78, 5) is 78.1. The Balaban J connectivity index is 1.46. The van der Waals surface area contributed by atoms with Crippen LogP contribution in [0.4, 0.5) is 0 Å². The van der Waals surface area contributed by atoms with Crippen LogP contribution in [0.2, 0.25) is 0 Å². The first-order valence-electron chi connectivity index (χ1n) is 13.3. The Labute approximate surface area is 262 Å². The highest BCUT2D eigenvalue weighted by Crippen LogP contribution is 2.47. The van der Waals surface area contributed by atoms with Crippen LogP contribution in [0.1, 0.15) is 28.9 Å². The average Bonchev–Trinajstić information content (AvgIpc) is 3.02. The Morgan fingerprint density at radius 2 is 1.78 bits per heavy atom. The van der Waals surface area contributed by atoms with E-state index in [9.17, 15) is 49.2 Å². The second-order valence-electron chi connectivity index (χ2n) is 10.1. The van der Waals surface area contributed by atoms with Crippen LogP contribution in [-0.4, -0.2) is 85.6 Å². The second kappa shape index (κ2) is 12.1. The normalized spacial score (nSPS) is 19.6. The van der Waals surface area contributed by atoms with E-state index >= 15 is 0 Å². The third-order valence-corrected chi connectivity index (χ3v) is 8.65. The Kier molecular flexibility index (Phi) is 8.38. The highest BCUT2D eigenvalue weighted by Gasteiger charge is 2.67. The van der Waals surface area contributed by atoms with Gasteiger partial charge in [0.1, 0.15) is 46.9 Å². The molecule has 0 aliphatic carbocycles. The number of β-lactam (4-membered cyclic amide) rings is 1. The van der Waals surface area contributed by atoms with Gasteiger partial charge in [0.15, 0.2) is 11.5 Å². The molecule has 1 aromatic heterocycles. The molecular weight excluding hydrogens is 630 g/mol. The molecule has 240 valence electrons. The lowest BCUT2D eigenvalue weighted by molar-refractivity contribution is -0.193. The number of carboxylic acid groups (broad SMARTS) is 1. The average molecular weight is 656 g/mol. The minimum absolute atomic E-state index is 0.00748. The van der Waals surface area contributed by atoms with Crippen LogP contribution in [0.25, 0.3) is 11.0 Å². The van der Waals surface area contributed by atoms with Gasteiger partial charge in [-0.2, -0.15) is 0 Å². The first-order chi connectivity index (χ1) is 21.8. The quantitative estimate of drug-likeness (QED) is 0.0803. The van der Waals surface area contributed by atoms with Gasteiger partial charge in [-0.3, -0.25) is 28.9 Å². The van der Waals surface area contributed by atoms with E-state index in [-0.39, 0.29) is 40.2 Å². The van der Waals surface area contributed by atoms with Crippen molar-refractivity contribution in [1.29, 1.82) is 0 Å². The third-order valence-electron chi connectivity index (χ3n) is 7.27. The summed E-state index contributed by atoms with van der Waals surface area (Å²) in [7, 11) is 1.12. The summed E-state index contributed by atoms with van der Waals surface area (Å²) in [6.07, 6.45) is 0.804. The van der Waals surface area contributed by atoms with E-state index < -0.39 is 75.0 Å². The molecule has 1 saturated heterocycles. The molecule has 16 nitrogen and oxygen atoms in total. The van der Waals surface area contributed by atoms with Crippen molar-refractivity contribution in [2.24, 2.45) is 0 Å². The number of carboxylic acids is 1. The van der Waals surface area contributed by atoms with E-state index in [0.717, 1.165) is 49.1 Å². The number of benzene rings is 2. The van der Waals surface area contributed by atoms with Gasteiger partial charge in [-0.15, -0.1) is 11.8 Å². The van der Waals surface area contributed by atoms with Crippen LogP contribution >= 0.6 is 11.8 Å². The molecule has 0 radical (unpaired) electrons. The number of thioether (sulfide) groups is 1. The SMILES string of the molecule is CO[C@@]1(NC(=O)C(NC(=O)c2coc3cc(O)c(O)cc3c2=O)c2ccc(O)cc2)C(=O)N2C(C(=O)O)=C(COC(C)=O)CS[C@H]21. The van der Waals surface area contributed by atoms with Crippen LogP contribution in [0.5, 0.6) is 17.2 Å². The summed E-state index contributed by atoms with van der Waals surface area (Å²) in [5.74, 6) is -6.53. The maximum absolute atomic E-state index is 13.8. The Morgan fingerprint density at radius 1 is 1.11 bits per heavy atom. The molecule has 1 unspecified atom stereocenters. The number of phenols is 3. The minimum Gasteiger partial charge on any atom is -0.508 e. The van der Waals surface area contributed by atoms with Gasteiger partial charge in [0.05, 0.1) is 5.39 Å². The van der Waals surface area contributed by atoms with Crippen molar-refractivity contribution in [1.82, 2.24) is 15.5 Å². The molecule has 3 amide bonds. The highest BCUT2D eigenvalue weighted by atomic mass is 32.2. The van der Waals surface area contributed by atoms with E-state index in [4.69, 9.17) is 13.9 Å². The molecule has 5 rings (SSSR count). The molecule has 46 heavy (non-hydrogen) atoms. The maximum Gasteiger partial charge on any atom is 0.352 e. The molecule has 3 heterocycles. The number of hydrogen-bond donors (Lipinski definition) is 6. The van der Waals surface area contributed by atoms with Gasteiger partial charge in [-0.1, -0.05) is 12.1 Å². The Morgan fingerprint density at radius 3 is 2.41 bits per heavy atom. The first kappa shape index (κ1) is 31.9. The summed E-state index contributed by atoms with van der Waals surface area (Å²) in [5.41, 5.74) is -3.85. The molecule has 6 N–H and O–H groups in total. The minimum atomic E-state index is -2.09. The molecule has 2 aliphatic rings. The van der Waals surface area contributed by atoms with Gasteiger partial charge in [0.2, 0.25) is 11.3 Å². The number of esters is 1. The van der Waals surface area contributed by atoms with E-state index in [1.165, 1.54) is 24.3 Å². The predicted molar refractivity (Wildman–Crippen MR) is 156 cm³/mol. The summed E-state index contributed by atoms with van der Waals surface area (Å²) in [6.45, 7) is 0.776. The summed E-state index contributed by atoms with van der Waals surface area (Å²) >= 11 is 1.04. The predicted octanol–water partition coefficient (Wildman–Crippen LogP) is 0.657. The summed E-state index contributed by atoms with van der Waals surface area (Å²) in [5, 5.41) is 42.7. The van der Waals surface area contributed by atoms with Gasteiger partial charge in [-0.05, 0) is 23.8 Å². The number of fused-ring (bicyclic) bond motifs is 2. The highest BCUT2D eigenvalue weighted by molar-refractivity contribution is 8.00. The van der Waals surface area contributed by atoms with Crippen LogP contribution in [0.15, 0.2) is 63.1 Å². The molecule has 0 saturated carbocycles. The fourth-order valence-corrected chi connectivity index (χ4v) is 6.40. The van der Waals surface area contributed by atoms with Crippen molar-refractivity contribution in [3.05, 3.63) is 75.3 Å². The molecule has 17 heteroatoms. The summed E-state index contributed by atoms with van der Waals surface area (Å²) < 4.78 is 15.7. The number of aromatic hydroxyl groups is 3. The monoisotopic (exact) mass is 655 g/mol. The zero-order valence-corrected chi connectivity index (χ0v) is 24.7. The molecule has 0 spiro atoms. The Hall–Kier alpha value is -5.55. The molecule has 3 aromatic rings. The van der Waals surface area contributed by atoms with Gasteiger partial charge < -0.3 is 45.0 Å².